The maximum absolute atomic E-state index is 13.0. The first-order chi connectivity index (χ1) is 10.4. The van der Waals surface area contributed by atoms with Gasteiger partial charge >= 0.3 is 0 Å². The summed E-state index contributed by atoms with van der Waals surface area (Å²) in [6.45, 7) is 4.02. The molecule has 2 rings (SSSR count). The minimum Gasteiger partial charge on any atom is -0.495 e. The molecule has 6 heteroatoms. The Balaban J connectivity index is 2.59. The number of anilines is 1. The zero-order valence-corrected chi connectivity index (χ0v) is 14.3. The van der Waals surface area contributed by atoms with Crippen LogP contribution in [0.1, 0.15) is 12.5 Å². The lowest BCUT2D eigenvalue weighted by Gasteiger charge is -2.24. The molecule has 0 heterocycles. The number of hydrogen-bond donors (Lipinski definition) is 0. The van der Waals surface area contributed by atoms with Gasteiger partial charge in [0.25, 0.3) is 10.0 Å². The molecule has 0 aliphatic heterocycles. The van der Waals surface area contributed by atoms with Crippen molar-refractivity contribution in [2.45, 2.75) is 18.7 Å². The Hall–Kier alpha value is -1.72. The van der Waals surface area contributed by atoms with Crippen LogP contribution in [-0.4, -0.2) is 22.1 Å². The summed E-state index contributed by atoms with van der Waals surface area (Å²) in [5.41, 5.74) is 1.61. The maximum Gasteiger partial charge on any atom is 0.268 e. The normalized spacial score (nSPS) is 11.3. The molecule has 0 saturated heterocycles. The van der Waals surface area contributed by atoms with Crippen LogP contribution in [-0.2, 0) is 10.0 Å². The van der Waals surface area contributed by atoms with Crippen LogP contribution in [0.15, 0.2) is 47.4 Å². The van der Waals surface area contributed by atoms with Crippen molar-refractivity contribution in [2.24, 2.45) is 0 Å². The fraction of sp³-hybridized carbons (Fsp3) is 0.250. The van der Waals surface area contributed by atoms with Crippen molar-refractivity contribution in [3.8, 4) is 5.75 Å². The van der Waals surface area contributed by atoms with E-state index in [4.69, 9.17) is 16.3 Å². The zero-order valence-electron chi connectivity index (χ0n) is 12.7. The largest absolute Gasteiger partial charge is 0.495 e. The topological polar surface area (TPSA) is 46.6 Å². The molecule has 0 amide bonds. The third-order valence-corrected chi connectivity index (χ3v) is 5.43. The average Bonchev–Trinajstić information content (AvgIpc) is 2.47. The fourth-order valence-electron chi connectivity index (χ4n) is 2.25. The number of methoxy groups -OCH3 is 1. The molecule has 0 atom stereocenters. The summed E-state index contributed by atoms with van der Waals surface area (Å²) in [4.78, 5) is 0.0610. The molecule has 22 heavy (non-hydrogen) atoms. The second kappa shape index (κ2) is 6.58. The molecule has 0 spiro atoms. The highest BCUT2D eigenvalue weighted by molar-refractivity contribution is 7.93. The quantitative estimate of drug-likeness (QED) is 0.830. The van der Waals surface area contributed by atoms with Gasteiger partial charge in [0.15, 0.2) is 0 Å². The molecule has 0 aliphatic carbocycles. The monoisotopic (exact) mass is 339 g/mol. The molecule has 0 aromatic heterocycles. The second-order valence-electron chi connectivity index (χ2n) is 4.80. The van der Waals surface area contributed by atoms with Gasteiger partial charge in [0.05, 0.1) is 12.8 Å². The molecule has 2 aromatic carbocycles. The van der Waals surface area contributed by atoms with E-state index in [0.29, 0.717) is 17.3 Å². The van der Waals surface area contributed by atoms with Crippen molar-refractivity contribution >= 4 is 27.3 Å². The average molecular weight is 340 g/mol. The lowest BCUT2D eigenvalue weighted by atomic mass is 10.2. The van der Waals surface area contributed by atoms with Crippen molar-refractivity contribution in [3.05, 3.63) is 53.1 Å². The molecular formula is C16H18ClNO3S. The Morgan fingerprint density at radius 3 is 2.50 bits per heavy atom. The molecule has 118 valence electrons. The number of hydrogen-bond acceptors (Lipinski definition) is 3. The number of nitrogens with zero attached hydrogens (tertiary/aromatic N) is 1. The zero-order chi connectivity index (χ0) is 16.3. The number of aryl methyl sites for hydroxylation is 1. The lowest BCUT2D eigenvalue weighted by Crippen LogP contribution is -2.31. The van der Waals surface area contributed by atoms with Gasteiger partial charge in [-0.2, -0.15) is 0 Å². The lowest BCUT2D eigenvalue weighted by molar-refractivity contribution is 0.402. The molecule has 0 radical (unpaired) electrons. The summed E-state index contributed by atoms with van der Waals surface area (Å²) in [6, 6.07) is 11.9. The van der Waals surface area contributed by atoms with Crippen LogP contribution in [0.3, 0.4) is 0 Å². The molecule has 0 bridgehead atoms. The number of benzene rings is 2. The fourth-order valence-corrected chi connectivity index (χ4v) is 4.13. The van der Waals surface area contributed by atoms with E-state index >= 15 is 0 Å². The predicted octanol–water partition coefficient (Wildman–Crippen LogP) is 3.87. The first-order valence-corrected chi connectivity index (χ1v) is 8.65. The molecule has 2 aromatic rings. The standard InChI is InChI=1S/C16H18ClNO3S/c1-4-18(14-7-5-6-12(2)10-14)22(19,20)16-11-13(17)8-9-15(16)21-3/h5-11H,4H2,1-3H3. The summed E-state index contributed by atoms with van der Waals surface area (Å²) in [6.07, 6.45) is 0. The molecule has 0 aliphatic rings. The summed E-state index contributed by atoms with van der Waals surface area (Å²) in [5.74, 6) is 0.274. The van der Waals surface area contributed by atoms with E-state index in [1.165, 1.54) is 17.5 Å². The van der Waals surface area contributed by atoms with Gasteiger partial charge in [-0.15, -0.1) is 0 Å². The van der Waals surface area contributed by atoms with Crippen molar-refractivity contribution in [1.29, 1.82) is 0 Å². The van der Waals surface area contributed by atoms with Crippen LogP contribution in [0.5, 0.6) is 5.75 Å². The van der Waals surface area contributed by atoms with Gasteiger partial charge < -0.3 is 4.74 Å². The molecule has 0 unspecified atom stereocenters. The number of ether oxygens (including phenoxy) is 1. The van der Waals surface area contributed by atoms with Gasteiger partial charge in [-0.25, -0.2) is 8.42 Å². The van der Waals surface area contributed by atoms with E-state index < -0.39 is 10.0 Å². The third-order valence-electron chi connectivity index (χ3n) is 3.27. The van der Waals surface area contributed by atoms with E-state index in [2.05, 4.69) is 0 Å². The Labute approximate surface area is 136 Å². The van der Waals surface area contributed by atoms with Gasteiger partial charge in [-0.1, -0.05) is 23.7 Å². The number of halogens is 1. The number of rotatable bonds is 5. The maximum atomic E-state index is 13.0. The summed E-state index contributed by atoms with van der Waals surface area (Å²) >= 11 is 5.96. The van der Waals surface area contributed by atoms with E-state index in [9.17, 15) is 8.42 Å². The Kier molecular flexibility index (Phi) is 4.98. The third kappa shape index (κ3) is 3.20. The summed E-state index contributed by atoms with van der Waals surface area (Å²) in [5, 5.41) is 0.347. The van der Waals surface area contributed by atoms with Crippen molar-refractivity contribution in [3.63, 3.8) is 0 Å². The van der Waals surface area contributed by atoms with Gasteiger partial charge in [0.2, 0.25) is 0 Å². The molecule has 0 N–H and O–H groups in total. The molecule has 0 fully saturated rings. The van der Waals surface area contributed by atoms with E-state index in [-0.39, 0.29) is 10.6 Å². The van der Waals surface area contributed by atoms with Gasteiger partial charge in [0.1, 0.15) is 10.6 Å². The summed E-state index contributed by atoms with van der Waals surface area (Å²) < 4.78 is 32.5. The first-order valence-electron chi connectivity index (χ1n) is 6.83. The van der Waals surface area contributed by atoms with Crippen molar-refractivity contribution in [2.75, 3.05) is 18.0 Å². The van der Waals surface area contributed by atoms with Crippen LogP contribution in [0.2, 0.25) is 5.02 Å². The Bertz CT molecular complexity index is 775. The van der Waals surface area contributed by atoms with Crippen molar-refractivity contribution in [1.82, 2.24) is 0 Å². The van der Waals surface area contributed by atoms with Crippen LogP contribution in [0, 0.1) is 6.92 Å². The van der Waals surface area contributed by atoms with E-state index in [1.54, 1.807) is 25.1 Å². The second-order valence-corrected chi connectivity index (χ2v) is 7.07. The van der Waals surface area contributed by atoms with Crippen molar-refractivity contribution < 1.29 is 13.2 Å². The minimum atomic E-state index is -3.76. The van der Waals surface area contributed by atoms with Crippen LogP contribution in [0.25, 0.3) is 0 Å². The SMILES string of the molecule is CCN(c1cccc(C)c1)S(=O)(=O)c1cc(Cl)ccc1OC. The smallest absolute Gasteiger partial charge is 0.268 e. The van der Waals surface area contributed by atoms with Crippen LogP contribution < -0.4 is 9.04 Å². The van der Waals surface area contributed by atoms with Crippen LogP contribution >= 0.6 is 11.6 Å². The molecule has 0 saturated carbocycles. The Morgan fingerprint density at radius 2 is 1.91 bits per heavy atom. The molecule has 4 nitrogen and oxygen atoms in total. The van der Waals surface area contributed by atoms with E-state index in [1.807, 2.05) is 25.1 Å². The summed E-state index contributed by atoms with van der Waals surface area (Å²) in [7, 11) is -2.33. The predicted molar refractivity (Wildman–Crippen MR) is 89.4 cm³/mol. The van der Waals surface area contributed by atoms with Gasteiger partial charge in [0, 0.05) is 11.6 Å². The van der Waals surface area contributed by atoms with Gasteiger partial charge in [-0.05, 0) is 49.7 Å². The first kappa shape index (κ1) is 16.6. The van der Waals surface area contributed by atoms with Crippen LogP contribution in [0.4, 0.5) is 5.69 Å². The highest BCUT2D eigenvalue weighted by Gasteiger charge is 2.27. The van der Waals surface area contributed by atoms with E-state index in [0.717, 1.165) is 5.56 Å². The minimum absolute atomic E-state index is 0.0610. The Morgan fingerprint density at radius 1 is 1.18 bits per heavy atom. The number of sulfonamides is 1. The molecular weight excluding hydrogens is 322 g/mol. The highest BCUT2D eigenvalue weighted by atomic mass is 35.5. The highest BCUT2D eigenvalue weighted by Crippen LogP contribution is 2.32. The van der Waals surface area contributed by atoms with Gasteiger partial charge in [-0.3, -0.25) is 4.31 Å².